The third-order valence-corrected chi connectivity index (χ3v) is 3.36. The number of ether oxygens (including phenoxy) is 1. The molecule has 0 aliphatic rings. The van der Waals surface area contributed by atoms with Gasteiger partial charge in [0.25, 0.3) is 0 Å². The second kappa shape index (κ2) is 7.84. The molecule has 0 saturated carbocycles. The SMILES string of the molecule is CC(C)CNCc1cccc(OC(C)c2ccccc2)c1. The quantitative estimate of drug-likeness (QED) is 0.803. The highest BCUT2D eigenvalue weighted by atomic mass is 16.5. The van der Waals surface area contributed by atoms with Gasteiger partial charge in [-0.15, -0.1) is 0 Å². The molecule has 0 fully saturated rings. The van der Waals surface area contributed by atoms with Crippen molar-refractivity contribution in [2.45, 2.75) is 33.4 Å². The molecular formula is C19H25NO. The van der Waals surface area contributed by atoms with Crippen molar-refractivity contribution in [3.63, 3.8) is 0 Å². The molecule has 21 heavy (non-hydrogen) atoms. The molecule has 0 bridgehead atoms. The Bertz CT molecular complexity index is 536. The van der Waals surface area contributed by atoms with Crippen molar-refractivity contribution in [3.8, 4) is 5.75 Å². The number of rotatable bonds is 7. The molecule has 1 N–H and O–H groups in total. The zero-order valence-electron chi connectivity index (χ0n) is 13.2. The molecule has 2 nitrogen and oxygen atoms in total. The largest absolute Gasteiger partial charge is 0.486 e. The first kappa shape index (κ1) is 15.6. The molecule has 1 atom stereocenters. The van der Waals surface area contributed by atoms with E-state index in [0.717, 1.165) is 18.8 Å². The van der Waals surface area contributed by atoms with Crippen LogP contribution in [-0.2, 0) is 6.54 Å². The average Bonchev–Trinajstić information content (AvgIpc) is 2.48. The van der Waals surface area contributed by atoms with Crippen LogP contribution in [0.25, 0.3) is 0 Å². The summed E-state index contributed by atoms with van der Waals surface area (Å²) in [5, 5.41) is 3.46. The van der Waals surface area contributed by atoms with Crippen LogP contribution in [-0.4, -0.2) is 6.54 Å². The number of nitrogens with one attached hydrogen (secondary N) is 1. The standard InChI is InChI=1S/C19H25NO/c1-15(2)13-20-14-17-8-7-11-19(12-17)21-16(3)18-9-5-4-6-10-18/h4-12,15-16,20H,13-14H2,1-3H3. The Balaban J connectivity index is 1.94. The fourth-order valence-corrected chi connectivity index (χ4v) is 2.23. The molecule has 0 heterocycles. The van der Waals surface area contributed by atoms with Crippen molar-refractivity contribution in [1.29, 1.82) is 0 Å². The summed E-state index contributed by atoms with van der Waals surface area (Å²) in [4.78, 5) is 0. The minimum Gasteiger partial charge on any atom is -0.486 e. The minimum atomic E-state index is 0.0603. The predicted octanol–water partition coefficient (Wildman–Crippen LogP) is 4.57. The Hall–Kier alpha value is -1.80. The number of hydrogen-bond donors (Lipinski definition) is 1. The summed E-state index contributed by atoms with van der Waals surface area (Å²) in [5.41, 5.74) is 2.45. The van der Waals surface area contributed by atoms with Crippen molar-refractivity contribution >= 4 is 0 Å². The Morgan fingerprint density at radius 3 is 2.43 bits per heavy atom. The van der Waals surface area contributed by atoms with Gasteiger partial charge in [-0.1, -0.05) is 56.3 Å². The Kier molecular flexibility index (Phi) is 5.82. The first-order valence-electron chi connectivity index (χ1n) is 7.66. The summed E-state index contributed by atoms with van der Waals surface area (Å²) in [6.45, 7) is 8.43. The van der Waals surface area contributed by atoms with Gasteiger partial charge in [0, 0.05) is 6.54 Å². The lowest BCUT2D eigenvalue weighted by Gasteiger charge is -2.16. The van der Waals surface area contributed by atoms with E-state index in [9.17, 15) is 0 Å². The summed E-state index contributed by atoms with van der Waals surface area (Å²) < 4.78 is 6.04. The maximum atomic E-state index is 6.04. The lowest BCUT2D eigenvalue weighted by Crippen LogP contribution is -2.18. The van der Waals surface area contributed by atoms with E-state index in [4.69, 9.17) is 4.74 Å². The van der Waals surface area contributed by atoms with Gasteiger partial charge in [-0.25, -0.2) is 0 Å². The van der Waals surface area contributed by atoms with E-state index in [1.807, 2.05) is 24.3 Å². The molecule has 0 aliphatic heterocycles. The van der Waals surface area contributed by atoms with Crippen LogP contribution in [0.15, 0.2) is 54.6 Å². The van der Waals surface area contributed by atoms with Crippen molar-refractivity contribution in [1.82, 2.24) is 5.32 Å². The van der Waals surface area contributed by atoms with Crippen LogP contribution in [0.3, 0.4) is 0 Å². The molecule has 0 spiro atoms. The summed E-state index contributed by atoms with van der Waals surface area (Å²) in [6.07, 6.45) is 0.0603. The summed E-state index contributed by atoms with van der Waals surface area (Å²) in [7, 11) is 0. The highest BCUT2D eigenvalue weighted by molar-refractivity contribution is 5.29. The van der Waals surface area contributed by atoms with Crippen LogP contribution < -0.4 is 10.1 Å². The van der Waals surface area contributed by atoms with Gasteiger partial charge in [0.1, 0.15) is 11.9 Å². The second-order valence-electron chi connectivity index (χ2n) is 5.84. The van der Waals surface area contributed by atoms with Gasteiger partial charge in [0.2, 0.25) is 0 Å². The molecule has 2 aromatic carbocycles. The van der Waals surface area contributed by atoms with Crippen LogP contribution in [0.5, 0.6) is 5.75 Å². The fourth-order valence-electron chi connectivity index (χ4n) is 2.23. The van der Waals surface area contributed by atoms with Crippen LogP contribution >= 0.6 is 0 Å². The van der Waals surface area contributed by atoms with E-state index in [1.165, 1.54) is 11.1 Å². The third-order valence-electron chi connectivity index (χ3n) is 3.36. The number of benzene rings is 2. The Labute approximate surface area is 128 Å². The Morgan fingerprint density at radius 2 is 1.71 bits per heavy atom. The van der Waals surface area contributed by atoms with E-state index >= 15 is 0 Å². The predicted molar refractivity (Wildman–Crippen MR) is 88.5 cm³/mol. The van der Waals surface area contributed by atoms with E-state index in [1.54, 1.807) is 0 Å². The second-order valence-corrected chi connectivity index (χ2v) is 5.84. The van der Waals surface area contributed by atoms with Gasteiger partial charge in [-0.2, -0.15) is 0 Å². The molecule has 0 amide bonds. The molecule has 112 valence electrons. The highest BCUT2D eigenvalue weighted by Gasteiger charge is 2.07. The maximum absolute atomic E-state index is 6.04. The summed E-state index contributed by atoms with van der Waals surface area (Å²) >= 11 is 0. The van der Waals surface area contributed by atoms with Crippen LogP contribution in [0.2, 0.25) is 0 Å². The van der Waals surface area contributed by atoms with Crippen LogP contribution in [0, 0.1) is 5.92 Å². The lowest BCUT2D eigenvalue weighted by molar-refractivity contribution is 0.226. The maximum Gasteiger partial charge on any atom is 0.121 e. The van der Waals surface area contributed by atoms with Gasteiger partial charge < -0.3 is 10.1 Å². The van der Waals surface area contributed by atoms with Crippen LogP contribution in [0.4, 0.5) is 0 Å². The topological polar surface area (TPSA) is 21.3 Å². The highest BCUT2D eigenvalue weighted by Crippen LogP contribution is 2.22. The normalized spacial score (nSPS) is 12.4. The van der Waals surface area contributed by atoms with E-state index in [-0.39, 0.29) is 6.10 Å². The third kappa shape index (κ3) is 5.24. The van der Waals surface area contributed by atoms with Gasteiger partial charge in [0.15, 0.2) is 0 Å². The van der Waals surface area contributed by atoms with Crippen molar-refractivity contribution in [2.24, 2.45) is 5.92 Å². The van der Waals surface area contributed by atoms with E-state index < -0.39 is 0 Å². The average molecular weight is 283 g/mol. The van der Waals surface area contributed by atoms with Gasteiger partial charge in [-0.05, 0) is 42.6 Å². The lowest BCUT2D eigenvalue weighted by atomic mass is 10.1. The molecule has 2 rings (SSSR count). The molecule has 0 saturated heterocycles. The van der Waals surface area contributed by atoms with Gasteiger partial charge in [-0.3, -0.25) is 0 Å². The van der Waals surface area contributed by atoms with E-state index in [0.29, 0.717) is 5.92 Å². The number of hydrogen-bond acceptors (Lipinski definition) is 2. The monoisotopic (exact) mass is 283 g/mol. The van der Waals surface area contributed by atoms with Crippen molar-refractivity contribution < 1.29 is 4.74 Å². The van der Waals surface area contributed by atoms with Crippen molar-refractivity contribution in [2.75, 3.05) is 6.54 Å². The Morgan fingerprint density at radius 1 is 0.952 bits per heavy atom. The van der Waals surface area contributed by atoms with E-state index in [2.05, 4.69) is 56.4 Å². The molecule has 2 heteroatoms. The first-order valence-corrected chi connectivity index (χ1v) is 7.66. The molecule has 0 aliphatic carbocycles. The molecule has 0 radical (unpaired) electrons. The molecule has 0 aromatic heterocycles. The molecule has 1 unspecified atom stereocenters. The van der Waals surface area contributed by atoms with Gasteiger partial charge in [0.05, 0.1) is 0 Å². The molecule has 2 aromatic rings. The van der Waals surface area contributed by atoms with Crippen molar-refractivity contribution in [3.05, 3.63) is 65.7 Å². The van der Waals surface area contributed by atoms with Gasteiger partial charge >= 0.3 is 0 Å². The molecular weight excluding hydrogens is 258 g/mol. The summed E-state index contributed by atoms with van der Waals surface area (Å²) in [5.74, 6) is 1.60. The summed E-state index contributed by atoms with van der Waals surface area (Å²) in [6, 6.07) is 18.6. The minimum absolute atomic E-state index is 0.0603. The smallest absolute Gasteiger partial charge is 0.121 e. The zero-order chi connectivity index (χ0) is 15.1. The fraction of sp³-hybridized carbons (Fsp3) is 0.368. The zero-order valence-corrected chi connectivity index (χ0v) is 13.2. The first-order chi connectivity index (χ1) is 10.1. The van der Waals surface area contributed by atoms with Crippen LogP contribution in [0.1, 0.15) is 38.0 Å².